The number of hydrogen-bond acceptors (Lipinski definition) is 4. The summed E-state index contributed by atoms with van der Waals surface area (Å²) >= 11 is 5.91. The van der Waals surface area contributed by atoms with Crippen molar-refractivity contribution in [2.45, 2.75) is 38.6 Å². The van der Waals surface area contributed by atoms with Crippen LogP contribution in [-0.4, -0.2) is 26.7 Å². The first kappa shape index (κ1) is 21.3. The van der Waals surface area contributed by atoms with Gasteiger partial charge in [-0.25, -0.2) is 0 Å². The molecule has 1 amide bonds. The Hall–Kier alpha value is -2.38. The van der Waals surface area contributed by atoms with Crippen LogP contribution in [-0.2, 0) is 10.0 Å². The van der Waals surface area contributed by atoms with Gasteiger partial charge in [0.25, 0.3) is 15.9 Å². The lowest BCUT2D eigenvalue weighted by molar-refractivity contribution is 0.0939. The summed E-state index contributed by atoms with van der Waals surface area (Å²) in [5, 5.41) is 3.51. The number of fused-ring (bicyclic) bond motifs is 1. The number of amides is 1. The summed E-state index contributed by atoms with van der Waals surface area (Å²) in [7, 11) is -3.85. The van der Waals surface area contributed by atoms with E-state index >= 15 is 0 Å². The Morgan fingerprint density at radius 2 is 1.79 bits per heavy atom. The van der Waals surface area contributed by atoms with Crippen LogP contribution in [0.3, 0.4) is 0 Å². The maximum atomic E-state index is 12.7. The molecule has 0 aliphatic carbocycles. The molecule has 29 heavy (non-hydrogen) atoms. The number of carbonyl (C=O) groups is 1. The van der Waals surface area contributed by atoms with Gasteiger partial charge >= 0.3 is 0 Å². The minimum Gasteiger partial charge on any atom is -0.346 e. The normalized spacial score (nSPS) is 16.2. The van der Waals surface area contributed by atoms with Gasteiger partial charge in [0.05, 0.1) is 11.7 Å². The highest BCUT2D eigenvalue weighted by Crippen LogP contribution is 2.33. The fraction of sp³-hybridized carbons (Fsp3) is 0.333. The zero-order valence-electron chi connectivity index (χ0n) is 16.8. The largest absolute Gasteiger partial charge is 0.346 e. The van der Waals surface area contributed by atoms with Gasteiger partial charge in [-0.05, 0) is 55.7 Å². The lowest BCUT2D eigenvalue weighted by Gasteiger charge is -2.31. The SMILES string of the molecule is CC1=NS(=O)(=O)c2cc(C(=O)NC(C)c3ccc(Cl)cc3)ccc2N1CC(C)C. The average molecular weight is 434 g/mol. The first-order valence-corrected chi connectivity index (χ1v) is 11.2. The number of nitrogens with one attached hydrogen (secondary N) is 1. The van der Waals surface area contributed by atoms with E-state index in [-0.39, 0.29) is 22.4 Å². The van der Waals surface area contributed by atoms with Gasteiger partial charge in [-0.2, -0.15) is 8.42 Å². The van der Waals surface area contributed by atoms with Crippen LogP contribution in [0, 0.1) is 5.92 Å². The summed E-state index contributed by atoms with van der Waals surface area (Å²) < 4.78 is 29.1. The van der Waals surface area contributed by atoms with Crippen molar-refractivity contribution in [1.82, 2.24) is 5.32 Å². The summed E-state index contributed by atoms with van der Waals surface area (Å²) in [6.07, 6.45) is 0. The van der Waals surface area contributed by atoms with Crippen LogP contribution < -0.4 is 10.2 Å². The summed E-state index contributed by atoms with van der Waals surface area (Å²) in [6, 6.07) is 11.7. The molecule has 0 saturated heterocycles. The van der Waals surface area contributed by atoms with Crippen molar-refractivity contribution in [3.63, 3.8) is 0 Å². The molecular weight excluding hydrogens is 410 g/mol. The molecule has 1 aliphatic rings. The number of sulfonamides is 1. The molecule has 0 aromatic heterocycles. The number of benzene rings is 2. The first-order chi connectivity index (χ1) is 13.6. The second kappa shape index (κ2) is 8.16. The quantitative estimate of drug-likeness (QED) is 0.757. The molecule has 3 rings (SSSR count). The molecule has 1 atom stereocenters. The van der Waals surface area contributed by atoms with Gasteiger partial charge in [0.2, 0.25) is 0 Å². The lowest BCUT2D eigenvalue weighted by atomic mass is 10.1. The van der Waals surface area contributed by atoms with Gasteiger partial charge in [-0.3, -0.25) is 4.79 Å². The zero-order chi connectivity index (χ0) is 21.3. The predicted molar refractivity (Wildman–Crippen MR) is 116 cm³/mol. The molecule has 6 nitrogen and oxygen atoms in total. The molecule has 8 heteroatoms. The van der Waals surface area contributed by atoms with Crippen LogP contribution in [0.25, 0.3) is 0 Å². The van der Waals surface area contributed by atoms with Crippen LogP contribution >= 0.6 is 11.6 Å². The van der Waals surface area contributed by atoms with E-state index < -0.39 is 10.0 Å². The second-order valence-electron chi connectivity index (χ2n) is 7.55. The van der Waals surface area contributed by atoms with Crippen molar-refractivity contribution < 1.29 is 13.2 Å². The molecule has 2 aromatic rings. The zero-order valence-corrected chi connectivity index (χ0v) is 18.4. The Bertz CT molecular complexity index is 1060. The smallest absolute Gasteiger partial charge is 0.286 e. The van der Waals surface area contributed by atoms with E-state index in [9.17, 15) is 13.2 Å². The predicted octanol–water partition coefficient (Wildman–Crippen LogP) is 4.41. The standard InChI is InChI=1S/C21H24ClN3O3S/c1-13(2)12-25-15(4)24-29(27,28)20-11-17(7-10-19(20)25)21(26)23-14(3)16-5-8-18(22)9-6-16/h5-11,13-14H,12H2,1-4H3,(H,23,26). The summed E-state index contributed by atoms with van der Waals surface area (Å²) in [4.78, 5) is 14.7. The minimum absolute atomic E-state index is 0.0514. The van der Waals surface area contributed by atoms with Crippen molar-refractivity contribution in [3.05, 3.63) is 58.6 Å². The highest BCUT2D eigenvalue weighted by atomic mass is 35.5. The number of nitrogens with zero attached hydrogens (tertiary/aromatic N) is 2. The molecule has 0 radical (unpaired) electrons. The van der Waals surface area contributed by atoms with Crippen LogP contribution in [0.4, 0.5) is 5.69 Å². The average Bonchev–Trinajstić information content (AvgIpc) is 2.64. The summed E-state index contributed by atoms with van der Waals surface area (Å²) in [5.74, 6) is 0.393. The van der Waals surface area contributed by atoms with E-state index in [0.29, 0.717) is 29.0 Å². The minimum atomic E-state index is -3.85. The van der Waals surface area contributed by atoms with Gasteiger partial charge < -0.3 is 10.2 Å². The third kappa shape index (κ3) is 4.62. The Balaban J connectivity index is 1.89. The molecule has 1 N–H and O–H groups in total. The van der Waals surface area contributed by atoms with Crippen LogP contribution in [0.1, 0.15) is 49.7 Å². The third-order valence-electron chi connectivity index (χ3n) is 4.70. The number of carbonyl (C=O) groups excluding carboxylic acids is 1. The van der Waals surface area contributed by atoms with E-state index in [1.807, 2.05) is 24.0 Å². The van der Waals surface area contributed by atoms with Gasteiger partial charge in [0.15, 0.2) is 0 Å². The lowest BCUT2D eigenvalue weighted by Crippen LogP contribution is -2.37. The molecule has 1 unspecified atom stereocenters. The summed E-state index contributed by atoms with van der Waals surface area (Å²) in [6.45, 7) is 8.27. The Morgan fingerprint density at radius 1 is 1.14 bits per heavy atom. The maximum absolute atomic E-state index is 12.7. The maximum Gasteiger partial charge on any atom is 0.286 e. The fourth-order valence-electron chi connectivity index (χ4n) is 3.24. The molecule has 1 heterocycles. The van der Waals surface area contributed by atoms with Crippen molar-refractivity contribution in [2.24, 2.45) is 10.3 Å². The van der Waals surface area contributed by atoms with Crippen molar-refractivity contribution >= 4 is 39.1 Å². The highest BCUT2D eigenvalue weighted by Gasteiger charge is 2.30. The van der Waals surface area contributed by atoms with E-state index in [0.717, 1.165) is 5.56 Å². The Labute approximate surface area is 176 Å². The number of hydrogen-bond donors (Lipinski definition) is 1. The number of anilines is 1. The molecular formula is C21H24ClN3O3S. The second-order valence-corrected chi connectivity index (χ2v) is 9.56. The van der Waals surface area contributed by atoms with Crippen LogP contribution in [0.15, 0.2) is 51.8 Å². The molecule has 154 valence electrons. The summed E-state index contributed by atoms with van der Waals surface area (Å²) in [5.41, 5.74) is 1.72. The van der Waals surface area contributed by atoms with Gasteiger partial charge in [-0.1, -0.05) is 37.6 Å². The molecule has 2 aromatic carbocycles. The molecule has 0 spiro atoms. The monoisotopic (exact) mass is 433 g/mol. The Kier molecular flexibility index (Phi) is 6.00. The molecule has 0 fully saturated rings. The van der Waals surface area contributed by atoms with Crippen LogP contribution in [0.2, 0.25) is 5.02 Å². The number of halogens is 1. The van der Waals surface area contributed by atoms with E-state index in [1.54, 1.807) is 31.2 Å². The number of amidine groups is 1. The number of rotatable bonds is 5. The van der Waals surface area contributed by atoms with Crippen molar-refractivity contribution in [2.75, 3.05) is 11.4 Å². The highest BCUT2D eigenvalue weighted by molar-refractivity contribution is 7.90. The molecule has 0 saturated carbocycles. The van der Waals surface area contributed by atoms with Crippen LogP contribution in [0.5, 0.6) is 0 Å². The fourth-order valence-corrected chi connectivity index (χ4v) is 4.63. The first-order valence-electron chi connectivity index (χ1n) is 9.38. The van der Waals surface area contributed by atoms with Crippen molar-refractivity contribution in [1.29, 1.82) is 0 Å². The van der Waals surface area contributed by atoms with Gasteiger partial charge in [0.1, 0.15) is 10.7 Å². The van der Waals surface area contributed by atoms with E-state index in [2.05, 4.69) is 23.6 Å². The molecule has 1 aliphatic heterocycles. The van der Waals surface area contributed by atoms with Gasteiger partial charge in [0, 0.05) is 17.1 Å². The molecule has 0 bridgehead atoms. The third-order valence-corrected chi connectivity index (χ3v) is 6.34. The van der Waals surface area contributed by atoms with E-state index in [1.165, 1.54) is 6.07 Å². The van der Waals surface area contributed by atoms with Gasteiger partial charge in [-0.15, -0.1) is 4.40 Å². The topological polar surface area (TPSA) is 78.8 Å². The van der Waals surface area contributed by atoms with Crippen molar-refractivity contribution in [3.8, 4) is 0 Å². The van der Waals surface area contributed by atoms with E-state index in [4.69, 9.17) is 11.6 Å². The Morgan fingerprint density at radius 3 is 2.41 bits per heavy atom.